The van der Waals surface area contributed by atoms with Crippen LogP contribution in [0, 0.1) is 0 Å². The van der Waals surface area contributed by atoms with E-state index >= 15 is 0 Å². The molecular weight excluding hydrogens is 316 g/mol. The number of amides is 1. The molecule has 1 fully saturated rings. The molecule has 0 radical (unpaired) electrons. The van der Waals surface area contributed by atoms with Crippen LogP contribution in [0.1, 0.15) is 25.2 Å². The second-order valence-electron chi connectivity index (χ2n) is 5.56. The molecule has 23 heavy (non-hydrogen) atoms. The topological polar surface area (TPSA) is 80.1 Å². The summed E-state index contributed by atoms with van der Waals surface area (Å²) in [6, 6.07) is 7.17. The van der Waals surface area contributed by atoms with Crippen LogP contribution < -0.4 is 10.6 Å². The molecule has 1 aliphatic rings. The highest BCUT2D eigenvalue weighted by atomic mass is 35.5. The van der Waals surface area contributed by atoms with Gasteiger partial charge in [-0.05, 0) is 43.7 Å². The summed E-state index contributed by atoms with van der Waals surface area (Å²) in [5.74, 6) is 1.07. The Balaban J connectivity index is 1.49. The smallest absolute Gasteiger partial charge is 0.237 e. The van der Waals surface area contributed by atoms with E-state index in [-0.39, 0.29) is 11.9 Å². The summed E-state index contributed by atoms with van der Waals surface area (Å²) in [5.41, 5.74) is 0.847. The maximum absolute atomic E-state index is 12.0. The van der Waals surface area contributed by atoms with Crippen molar-refractivity contribution in [3.05, 3.63) is 35.2 Å². The summed E-state index contributed by atoms with van der Waals surface area (Å²) in [6.07, 6.45) is 3.64. The van der Waals surface area contributed by atoms with Gasteiger partial charge in [-0.15, -0.1) is 0 Å². The summed E-state index contributed by atoms with van der Waals surface area (Å²) in [5, 5.41) is 10.7. The Bertz CT molecular complexity index is 650. The highest BCUT2D eigenvalue weighted by Crippen LogP contribution is 2.18. The molecule has 2 heterocycles. The molecule has 1 atom stereocenters. The molecule has 1 aromatic carbocycles. The summed E-state index contributed by atoms with van der Waals surface area (Å²) in [4.78, 5) is 16.3. The van der Waals surface area contributed by atoms with E-state index in [4.69, 9.17) is 16.1 Å². The Morgan fingerprint density at radius 2 is 2.17 bits per heavy atom. The molecule has 1 aliphatic heterocycles. The standard InChI is InChI=1S/C16H19ClN4O2/c17-12-6-4-11(5-7-12)15-20-14(23-21-15)8-10-19-16(22)13-3-1-2-9-18-13/h4-7,13,18H,1-3,8-10H2,(H,19,22). The monoisotopic (exact) mass is 334 g/mol. The third-order valence-electron chi connectivity index (χ3n) is 3.84. The number of halogens is 1. The number of aromatic nitrogens is 2. The second kappa shape index (κ2) is 7.57. The third-order valence-corrected chi connectivity index (χ3v) is 4.09. The fraction of sp³-hybridized carbons (Fsp3) is 0.438. The Kier molecular flexibility index (Phi) is 5.25. The number of nitrogens with one attached hydrogen (secondary N) is 2. The molecule has 122 valence electrons. The summed E-state index contributed by atoms with van der Waals surface area (Å²) >= 11 is 5.86. The van der Waals surface area contributed by atoms with Gasteiger partial charge < -0.3 is 15.2 Å². The Hall–Kier alpha value is -1.92. The van der Waals surface area contributed by atoms with Crippen molar-refractivity contribution in [2.24, 2.45) is 0 Å². The van der Waals surface area contributed by atoms with E-state index in [2.05, 4.69) is 20.8 Å². The van der Waals surface area contributed by atoms with Crippen LogP contribution in [0.25, 0.3) is 11.4 Å². The van der Waals surface area contributed by atoms with Gasteiger partial charge in [0.2, 0.25) is 17.6 Å². The molecule has 7 heteroatoms. The average Bonchev–Trinajstić information content (AvgIpc) is 3.05. The maximum Gasteiger partial charge on any atom is 0.237 e. The van der Waals surface area contributed by atoms with Crippen molar-refractivity contribution in [2.75, 3.05) is 13.1 Å². The Labute approximate surface area is 139 Å². The lowest BCUT2D eigenvalue weighted by atomic mass is 10.0. The molecule has 3 rings (SSSR count). The molecule has 0 bridgehead atoms. The van der Waals surface area contributed by atoms with Crippen LogP contribution in [-0.2, 0) is 11.2 Å². The first kappa shape index (κ1) is 16.0. The van der Waals surface area contributed by atoms with Crippen LogP contribution in [0.4, 0.5) is 0 Å². The van der Waals surface area contributed by atoms with E-state index < -0.39 is 0 Å². The van der Waals surface area contributed by atoms with E-state index in [0.29, 0.717) is 29.7 Å². The second-order valence-corrected chi connectivity index (χ2v) is 6.00. The first-order valence-corrected chi connectivity index (χ1v) is 8.20. The van der Waals surface area contributed by atoms with Crippen LogP contribution in [0.15, 0.2) is 28.8 Å². The van der Waals surface area contributed by atoms with Gasteiger partial charge in [0.15, 0.2) is 0 Å². The summed E-state index contributed by atoms with van der Waals surface area (Å²) in [7, 11) is 0. The van der Waals surface area contributed by atoms with Crippen molar-refractivity contribution in [1.82, 2.24) is 20.8 Å². The molecule has 2 aromatic rings. The first-order valence-electron chi connectivity index (χ1n) is 7.82. The van der Waals surface area contributed by atoms with Gasteiger partial charge in [0.25, 0.3) is 0 Å². The lowest BCUT2D eigenvalue weighted by molar-refractivity contribution is -0.123. The van der Waals surface area contributed by atoms with Crippen molar-refractivity contribution in [3.8, 4) is 11.4 Å². The molecule has 0 spiro atoms. The Morgan fingerprint density at radius 1 is 1.35 bits per heavy atom. The van der Waals surface area contributed by atoms with Crippen molar-refractivity contribution in [2.45, 2.75) is 31.7 Å². The molecule has 1 unspecified atom stereocenters. The van der Waals surface area contributed by atoms with Gasteiger partial charge in [-0.1, -0.05) is 23.2 Å². The largest absolute Gasteiger partial charge is 0.354 e. The molecule has 2 N–H and O–H groups in total. The van der Waals surface area contributed by atoms with Gasteiger partial charge in [0.05, 0.1) is 6.04 Å². The maximum atomic E-state index is 12.0. The number of hydrogen-bond donors (Lipinski definition) is 2. The zero-order valence-corrected chi connectivity index (χ0v) is 13.5. The molecule has 6 nitrogen and oxygen atoms in total. The van der Waals surface area contributed by atoms with Crippen molar-refractivity contribution in [1.29, 1.82) is 0 Å². The predicted octanol–water partition coefficient (Wildman–Crippen LogP) is 2.19. The van der Waals surface area contributed by atoms with E-state index in [1.54, 1.807) is 12.1 Å². The van der Waals surface area contributed by atoms with Gasteiger partial charge in [-0.25, -0.2) is 0 Å². The van der Waals surface area contributed by atoms with E-state index in [1.807, 2.05) is 12.1 Å². The fourth-order valence-corrected chi connectivity index (χ4v) is 2.69. The van der Waals surface area contributed by atoms with E-state index in [9.17, 15) is 4.79 Å². The van der Waals surface area contributed by atoms with Gasteiger partial charge >= 0.3 is 0 Å². The third kappa shape index (κ3) is 4.30. The van der Waals surface area contributed by atoms with Crippen LogP contribution in [0.5, 0.6) is 0 Å². The minimum absolute atomic E-state index is 0.0436. The fourth-order valence-electron chi connectivity index (χ4n) is 2.56. The zero-order valence-electron chi connectivity index (χ0n) is 12.7. The van der Waals surface area contributed by atoms with Crippen LogP contribution in [0.2, 0.25) is 5.02 Å². The first-order chi connectivity index (χ1) is 11.2. The molecule has 1 amide bonds. The molecule has 1 aromatic heterocycles. The minimum atomic E-state index is -0.0731. The number of hydrogen-bond acceptors (Lipinski definition) is 5. The van der Waals surface area contributed by atoms with Gasteiger partial charge in [-0.2, -0.15) is 4.98 Å². The lowest BCUT2D eigenvalue weighted by Crippen LogP contribution is -2.47. The average molecular weight is 335 g/mol. The predicted molar refractivity (Wildman–Crippen MR) is 87.1 cm³/mol. The summed E-state index contributed by atoms with van der Waals surface area (Å²) < 4.78 is 5.22. The van der Waals surface area contributed by atoms with Crippen LogP contribution >= 0.6 is 11.6 Å². The van der Waals surface area contributed by atoms with Gasteiger partial charge in [0, 0.05) is 23.6 Å². The zero-order chi connectivity index (χ0) is 16.1. The van der Waals surface area contributed by atoms with E-state index in [0.717, 1.165) is 31.4 Å². The number of carbonyl (C=O) groups is 1. The number of benzene rings is 1. The van der Waals surface area contributed by atoms with E-state index in [1.165, 1.54) is 0 Å². The quantitative estimate of drug-likeness (QED) is 0.876. The van der Waals surface area contributed by atoms with Gasteiger partial charge in [0.1, 0.15) is 0 Å². The van der Waals surface area contributed by atoms with Gasteiger partial charge in [-0.3, -0.25) is 4.79 Å². The lowest BCUT2D eigenvalue weighted by Gasteiger charge is -2.22. The molecule has 0 saturated carbocycles. The van der Waals surface area contributed by atoms with Crippen LogP contribution in [0.3, 0.4) is 0 Å². The highest BCUT2D eigenvalue weighted by Gasteiger charge is 2.20. The molecule has 1 saturated heterocycles. The normalized spacial score (nSPS) is 17.9. The number of rotatable bonds is 5. The Morgan fingerprint density at radius 3 is 2.91 bits per heavy atom. The van der Waals surface area contributed by atoms with Crippen molar-refractivity contribution >= 4 is 17.5 Å². The highest BCUT2D eigenvalue weighted by molar-refractivity contribution is 6.30. The van der Waals surface area contributed by atoms with Crippen LogP contribution in [-0.4, -0.2) is 35.2 Å². The molecule has 0 aliphatic carbocycles. The summed E-state index contributed by atoms with van der Waals surface area (Å²) in [6.45, 7) is 1.39. The SMILES string of the molecule is O=C(NCCc1nc(-c2ccc(Cl)cc2)no1)C1CCCCN1. The number of carbonyl (C=O) groups excluding carboxylic acids is 1. The van der Waals surface area contributed by atoms with Crippen molar-refractivity contribution in [3.63, 3.8) is 0 Å². The number of nitrogens with zero attached hydrogens (tertiary/aromatic N) is 2. The van der Waals surface area contributed by atoms with Crippen molar-refractivity contribution < 1.29 is 9.32 Å². The molecular formula is C16H19ClN4O2. The minimum Gasteiger partial charge on any atom is -0.354 e. The number of piperidine rings is 1.